The first-order valence-corrected chi connectivity index (χ1v) is 8.03. The van der Waals surface area contributed by atoms with E-state index in [0.29, 0.717) is 6.04 Å². The van der Waals surface area contributed by atoms with E-state index in [1.807, 2.05) is 13.0 Å². The number of ether oxygens (including phenoxy) is 1. The lowest BCUT2D eigenvalue weighted by molar-refractivity contribution is 0.232. The SMILES string of the molecule is CCN(CC)C1CCN(c2cccc(OC)c2[C@H](C)N)C1. The van der Waals surface area contributed by atoms with Crippen molar-refractivity contribution in [2.75, 3.05) is 38.2 Å². The molecule has 2 rings (SSSR count). The van der Waals surface area contributed by atoms with E-state index in [9.17, 15) is 0 Å². The van der Waals surface area contributed by atoms with E-state index in [2.05, 4.69) is 35.8 Å². The monoisotopic (exact) mass is 291 g/mol. The van der Waals surface area contributed by atoms with Crippen molar-refractivity contribution in [2.45, 2.75) is 39.3 Å². The van der Waals surface area contributed by atoms with Crippen LogP contribution in [0.2, 0.25) is 0 Å². The lowest BCUT2D eigenvalue weighted by Gasteiger charge is -2.28. The zero-order chi connectivity index (χ0) is 15.4. The number of anilines is 1. The molecule has 1 aromatic carbocycles. The summed E-state index contributed by atoms with van der Waals surface area (Å²) in [5.41, 5.74) is 8.55. The Morgan fingerprint density at radius 2 is 2.10 bits per heavy atom. The molecule has 0 spiro atoms. The van der Waals surface area contributed by atoms with Crippen LogP contribution in [0, 0.1) is 0 Å². The third kappa shape index (κ3) is 3.33. The van der Waals surface area contributed by atoms with Gasteiger partial charge in [0.05, 0.1) is 7.11 Å². The van der Waals surface area contributed by atoms with E-state index >= 15 is 0 Å². The van der Waals surface area contributed by atoms with Gasteiger partial charge in [-0.15, -0.1) is 0 Å². The predicted molar refractivity (Wildman–Crippen MR) is 89.1 cm³/mol. The van der Waals surface area contributed by atoms with Gasteiger partial charge in [-0.2, -0.15) is 0 Å². The molecular formula is C17H29N3O. The zero-order valence-corrected chi connectivity index (χ0v) is 13.8. The van der Waals surface area contributed by atoms with E-state index in [4.69, 9.17) is 10.5 Å². The maximum Gasteiger partial charge on any atom is 0.125 e. The Labute approximate surface area is 128 Å². The molecule has 2 atom stereocenters. The maximum absolute atomic E-state index is 6.19. The van der Waals surface area contributed by atoms with E-state index in [1.54, 1.807) is 7.11 Å². The van der Waals surface area contributed by atoms with E-state index in [1.165, 1.54) is 12.1 Å². The minimum atomic E-state index is -0.0244. The summed E-state index contributed by atoms with van der Waals surface area (Å²) in [7, 11) is 1.72. The topological polar surface area (TPSA) is 41.7 Å². The molecule has 1 heterocycles. The average Bonchev–Trinajstić information content (AvgIpc) is 2.97. The van der Waals surface area contributed by atoms with Crippen molar-refractivity contribution in [1.29, 1.82) is 0 Å². The number of nitrogens with zero attached hydrogens (tertiary/aromatic N) is 2. The lowest BCUT2D eigenvalue weighted by Crippen LogP contribution is -2.37. The summed E-state index contributed by atoms with van der Waals surface area (Å²) >= 11 is 0. The first-order chi connectivity index (χ1) is 10.1. The number of benzene rings is 1. The number of rotatable bonds is 6. The molecule has 0 aromatic heterocycles. The standard InChI is InChI=1S/C17H29N3O/c1-5-19(6-2)14-10-11-20(12-14)15-8-7-9-16(21-4)17(15)13(3)18/h7-9,13-14H,5-6,10-12,18H2,1-4H3/t13-,14?/m0/s1. The first-order valence-electron chi connectivity index (χ1n) is 8.03. The molecule has 2 N–H and O–H groups in total. The Morgan fingerprint density at radius 1 is 1.38 bits per heavy atom. The van der Waals surface area contributed by atoms with Gasteiger partial charge in [0, 0.05) is 36.4 Å². The smallest absolute Gasteiger partial charge is 0.125 e. The third-order valence-electron chi connectivity index (χ3n) is 4.55. The van der Waals surface area contributed by atoms with Gasteiger partial charge in [-0.25, -0.2) is 0 Å². The van der Waals surface area contributed by atoms with Gasteiger partial charge >= 0.3 is 0 Å². The first kappa shape index (κ1) is 16.1. The molecule has 0 radical (unpaired) electrons. The maximum atomic E-state index is 6.19. The molecule has 21 heavy (non-hydrogen) atoms. The van der Waals surface area contributed by atoms with Crippen molar-refractivity contribution in [3.8, 4) is 5.75 Å². The van der Waals surface area contributed by atoms with Gasteiger partial charge in [0.25, 0.3) is 0 Å². The Bertz CT molecular complexity index is 457. The van der Waals surface area contributed by atoms with E-state index < -0.39 is 0 Å². The van der Waals surface area contributed by atoms with Crippen molar-refractivity contribution in [3.05, 3.63) is 23.8 Å². The highest BCUT2D eigenvalue weighted by molar-refractivity contribution is 5.61. The second-order valence-corrected chi connectivity index (χ2v) is 5.79. The van der Waals surface area contributed by atoms with Crippen LogP contribution in [0.1, 0.15) is 38.8 Å². The van der Waals surface area contributed by atoms with Gasteiger partial charge in [0.2, 0.25) is 0 Å². The second kappa shape index (κ2) is 7.14. The molecule has 4 nitrogen and oxygen atoms in total. The molecule has 0 bridgehead atoms. The molecule has 1 aliphatic heterocycles. The summed E-state index contributed by atoms with van der Waals surface area (Å²) in [4.78, 5) is 5.01. The van der Waals surface area contributed by atoms with Crippen molar-refractivity contribution in [1.82, 2.24) is 4.90 Å². The summed E-state index contributed by atoms with van der Waals surface area (Å²) in [5.74, 6) is 0.897. The number of hydrogen-bond acceptors (Lipinski definition) is 4. The number of methoxy groups -OCH3 is 1. The van der Waals surface area contributed by atoms with Crippen LogP contribution < -0.4 is 15.4 Å². The van der Waals surface area contributed by atoms with Crippen molar-refractivity contribution in [3.63, 3.8) is 0 Å². The van der Waals surface area contributed by atoms with Crippen LogP contribution in [0.25, 0.3) is 0 Å². The van der Waals surface area contributed by atoms with Crippen LogP contribution in [0.5, 0.6) is 5.75 Å². The molecule has 0 amide bonds. The largest absolute Gasteiger partial charge is 0.496 e. The minimum absolute atomic E-state index is 0.0244. The molecule has 1 unspecified atom stereocenters. The van der Waals surface area contributed by atoms with Crippen molar-refractivity contribution < 1.29 is 4.74 Å². The van der Waals surface area contributed by atoms with Gasteiger partial charge in [-0.1, -0.05) is 19.9 Å². The summed E-state index contributed by atoms with van der Waals surface area (Å²) in [6.45, 7) is 10.9. The van der Waals surface area contributed by atoms with Crippen molar-refractivity contribution in [2.24, 2.45) is 5.73 Å². The zero-order valence-electron chi connectivity index (χ0n) is 13.8. The quantitative estimate of drug-likeness (QED) is 0.875. The Kier molecular flexibility index (Phi) is 5.48. The lowest BCUT2D eigenvalue weighted by atomic mass is 10.0. The fraction of sp³-hybridized carbons (Fsp3) is 0.647. The number of nitrogens with two attached hydrogens (primary N) is 1. The Balaban J connectivity index is 2.24. The summed E-state index contributed by atoms with van der Waals surface area (Å²) in [6.07, 6.45) is 1.22. The van der Waals surface area contributed by atoms with Crippen LogP contribution in [0.3, 0.4) is 0 Å². The van der Waals surface area contributed by atoms with E-state index in [-0.39, 0.29) is 6.04 Å². The van der Waals surface area contributed by atoms with Crippen LogP contribution in [-0.2, 0) is 0 Å². The second-order valence-electron chi connectivity index (χ2n) is 5.79. The fourth-order valence-electron chi connectivity index (χ4n) is 3.44. The van der Waals surface area contributed by atoms with E-state index in [0.717, 1.165) is 37.5 Å². The Morgan fingerprint density at radius 3 is 2.67 bits per heavy atom. The van der Waals surface area contributed by atoms with Crippen molar-refractivity contribution >= 4 is 5.69 Å². The molecular weight excluding hydrogens is 262 g/mol. The molecule has 1 fully saturated rings. The van der Waals surface area contributed by atoms with Gasteiger partial charge in [0.15, 0.2) is 0 Å². The van der Waals surface area contributed by atoms with Crippen LogP contribution in [0.15, 0.2) is 18.2 Å². The molecule has 1 saturated heterocycles. The normalized spacial score (nSPS) is 20.1. The minimum Gasteiger partial charge on any atom is -0.496 e. The summed E-state index contributed by atoms with van der Waals surface area (Å²) < 4.78 is 5.51. The molecule has 118 valence electrons. The van der Waals surface area contributed by atoms with Crippen LogP contribution >= 0.6 is 0 Å². The van der Waals surface area contributed by atoms with Gasteiger partial charge in [-0.3, -0.25) is 4.90 Å². The van der Waals surface area contributed by atoms with Gasteiger partial charge in [0.1, 0.15) is 5.75 Å². The fourth-order valence-corrected chi connectivity index (χ4v) is 3.44. The van der Waals surface area contributed by atoms with Gasteiger partial charge < -0.3 is 15.4 Å². The number of hydrogen-bond donors (Lipinski definition) is 1. The molecule has 1 aliphatic rings. The highest BCUT2D eigenvalue weighted by Gasteiger charge is 2.28. The molecule has 0 aliphatic carbocycles. The predicted octanol–water partition coefficient (Wildman–Crippen LogP) is 2.64. The summed E-state index contributed by atoms with van der Waals surface area (Å²) in [5, 5.41) is 0. The van der Waals surface area contributed by atoms with Crippen LogP contribution in [0.4, 0.5) is 5.69 Å². The average molecular weight is 291 g/mol. The van der Waals surface area contributed by atoms with Crippen LogP contribution in [-0.4, -0.2) is 44.2 Å². The highest BCUT2D eigenvalue weighted by Crippen LogP contribution is 2.35. The summed E-state index contributed by atoms with van der Waals surface area (Å²) in [6, 6.07) is 6.85. The van der Waals surface area contributed by atoms with Gasteiger partial charge in [-0.05, 0) is 38.6 Å². The molecule has 4 heteroatoms. The molecule has 1 aromatic rings. The highest BCUT2D eigenvalue weighted by atomic mass is 16.5. The third-order valence-corrected chi connectivity index (χ3v) is 4.55. The number of likely N-dealkylation sites (N-methyl/N-ethyl adjacent to an activating group) is 1. The Hall–Kier alpha value is -1.26. The molecule has 0 saturated carbocycles.